The van der Waals surface area contributed by atoms with Crippen LogP contribution in [0, 0.1) is 11.3 Å². The van der Waals surface area contributed by atoms with Gasteiger partial charge in [0.15, 0.2) is 0 Å². The van der Waals surface area contributed by atoms with Crippen LogP contribution < -0.4 is 4.74 Å². The fourth-order valence-electron chi connectivity index (χ4n) is 1.68. The zero-order valence-corrected chi connectivity index (χ0v) is 10.6. The average Bonchev–Trinajstić information content (AvgIpc) is 2.45. The highest BCUT2D eigenvalue weighted by Crippen LogP contribution is 2.20. The van der Waals surface area contributed by atoms with Gasteiger partial charge in [0.05, 0.1) is 6.10 Å². The van der Waals surface area contributed by atoms with Gasteiger partial charge in [-0.3, -0.25) is 0 Å². The summed E-state index contributed by atoms with van der Waals surface area (Å²) in [5.74, 6) is 0.658. The molecule has 1 aromatic carbocycles. The summed E-state index contributed by atoms with van der Waals surface area (Å²) in [6, 6.07) is 12.9. The maximum absolute atomic E-state index is 9.51. The third-order valence-corrected chi connectivity index (χ3v) is 2.73. The van der Waals surface area contributed by atoms with Gasteiger partial charge in [-0.2, -0.15) is 5.26 Å². The molecule has 0 aliphatic rings. The van der Waals surface area contributed by atoms with E-state index in [0.29, 0.717) is 11.4 Å². The Morgan fingerprint density at radius 1 is 1.37 bits per heavy atom. The lowest BCUT2D eigenvalue weighted by atomic mass is 10.1. The molecule has 2 aromatic rings. The standard InChI is InChI=1S/C15H14N2O2/c1-11(18)12-4-2-6-14(8-12)19-10-13-5-3-7-17-15(13)9-16/h2-8,11,18H,10H2,1H3. The van der Waals surface area contributed by atoms with Gasteiger partial charge in [-0.15, -0.1) is 0 Å². The van der Waals surface area contributed by atoms with Crippen LogP contribution in [-0.4, -0.2) is 10.1 Å². The lowest BCUT2D eigenvalue weighted by molar-refractivity contribution is 0.198. The van der Waals surface area contributed by atoms with Crippen LogP contribution in [0.3, 0.4) is 0 Å². The summed E-state index contributed by atoms with van der Waals surface area (Å²) in [7, 11) is 0. The SMILES string of the molecule is CC(O)c1cccc(OCc2cccnc2C#N)c1. The van der Waals surface area contributed by atoms with Crippen molar-refractivity contribution in [1.82, 2.24) is 4.98 Å². The zero-order chi connectivity index (χ0) is 13.7. The number of hydrogen-bond donors (Lipinski definition) is 1. The Bertz CT molecular complexity index is 603. The summed E-state index contributed by atoms with van der Waals surface area (Å²) in [5.41, 5.74) is 1.91. The number of rotatable bonds is 4. The third-order valence-electron chi connectivity index (χ3n) is 2.73. The minimum Gasteiger partial charge on any atom is -0.489 e. The number of aliphatic hydroxyl groups excluding tert-OH is 1. The highest BCUT2D eigenvalue weighted by molar-refractivity contribution is 5.32. The molecule has 0 bridgehead atoms. The number of pyridine rings is 1. The maximum atomic E-state index is 9.51. The quantitative estimate of drug-likeness (QED) is 0.910. The van der Waals surface area contributed by atoms with E-state index in [1.54, 1.807) is 25.3 Å². The first-order valence-electron chi connectivity index (χ1n) is 5.95. The molecule has 0 aliphatic heterocycles. The van der Waals surface area contributed by atoms with Crippen molar-refractivity contribution in [3.05, 3.63) is 59.4 Å². The monoisotopic (exact) mass is 254 g/mol. The molecule has 96 valence electrons. The number of aliphatic hydroxyl groups is 1. The van der Waals surface area contributed by atoms with Gasteiger partial charge >= 0.3 is 0 Å². The Morgan fingerprint density at radius 2 is 2.21 bits per heavy atom. The molecule has 0 radical (unpaired) electrons. The molecule has 0 aliphatic carbocycles. The molecule has 1 heterocycles. The molecule has 1 N–H and O–H groups in total. The molecule has 4 heteroatoms. The van der Waals surface area contributed by atoms with Crippen LogP contribution >= 0.6 is 0 Å². The van der Waals surface area contributed by atoms with Gasteiger partial charge in [-0.25, -0.2) is 4.98 Å². The van der Waals surface area contributed by atoms with Crippen molar-refractivity contribution < 1.29 is 9.84 Å². The molecule has 0 amide bonds. The van der Waals surface area contributed by atoms with Gasteiger partial charge < -0.3 is 9.84 Å². The fraction of sp³-hybridized carbons (Fsp3) is 0.200. The van der Waals surface area contributed by atoms with E-state index in [2.05, 4.69) is 4.98 Å². The summed E-state index contributed by atoms with van der Waals surface area (Å²) in [6.07, 6.45) is 1.05. The number of ether oxygens (including phenoxy) is 1. The molecule has 4 nitrogen and oxygen atoms in total. The van der Waals surface area contributed by atoms with E-state index in [1.165, 1.54) is 0 Å². The Labute approximate surface area is 111 Å². The lowest BCUT2D eigenvalue weighted by Crippen LogP contribution is -2.00. The van der Waals surface area contributed by atoms with Crippen LogP contribution in [0.25, 0.3) is 0 Å². The van der Waals surface area contributed by atoms with Gasteiger partial charge in [-0.05, 0) is 30.7 Å². The summed E-state index contributed by atoms with van der Waals surface area (Å²) in [5, 5.41) is 18.4. The minimum absolute atomic E-state index is 0.278. The van der Waals surface area contributed by atoms with Gasteiger partial charge in [0.1, 0.15) is 24.1 Å². The molecule has 0 fully saturated rings. The second-order valence-corrected chi connectivity index (χ2v) is 4.16. The Kier molecular flexibility index (Phi) is 4.11. The van der Waals surface area contributed by atoms with E-state index in [-0.39, 0.29) is 6.61 Å². The smallest absolute Gasteiger partial charge is 0.147 e. The molecule has 0 saturated heterocycles. The van der Waals surface area contributed by atoms with Crippen molar-refractivity contribution in [2.24, 2.45) is 0 Å². The van der Waals surface area contributed by atoms with E-state index in [1.807, 2.05) is 30.3 Å². The van der Waals surface area contributed by atoms with Crippen LogP contribution in [0.15, 0.2) is 42.6 Å². The summed E-state index contributed by atoms with van der Waals surface area (Å²) in [4.78, 5) is 3.97. The highest BCUT2D eigenvalue weighted by Gasteiger charge is 2.05. The van der Waals surface area contributed by atoms with E-state index in [0.717, 1.165) is 11.1 Å². The van der Waals surface area contributed by atoms with Gasteiger partial charge in [-0.1, -0.05) is 18.2 Å². The predicted molar refractivity (Wildman–Crippen MR) is 70.4 cm³/mol. The second-order valence-electron chi connectivity index (χ2n) is 4.16. The van der Waals surface area contributed by atoms with Crippen molar-refractivity contribution in [3.8, 4) is 11.8 Å². The molecule has 0 spiro atoms. The molecule has 1 atom stereocenters. The maximum Gasteiger partial charge on any atom is 0.147 e. The number of aromatic nitrogens is 1. The van der Waals surface area contributed by atoms with Crippen molar-refractivity contribution in [3.63, 3.8) is 0 Å². The van der Waals surface area contributed by atoms with Gasteiger partial charge in [0, 0.05) is 11.8 Å². The van der Waals surface area contributed by atoms with Gasteiger partial charge in [0.2, 0.25) is 0 Å². The summed E-state index contributed by atoms with van der Waals surface area (Å²) in [6.45, 7) is 1.98. The van der Waals surface area contributed by atoms with E-state index in [9.17, 15) is 5.11 Å². The van der Waals surface area contributed by atoms with Crippen LogP contribution in [0.1, 0.15) is 29.8 Å². The first-order valence-corrected chi connectivity index (χ1v) is 5.95. The molecular weight excluding hydrogens is 240 g/mol. The lowest BCUT2D eigenvalue weighted by Gasteiger charge is -2.10. The number of nitriles is 1. The normalized spacial score (nSPS) is 11.6. The molecule has 1 unspecified atom stereocenters. The molecule has 2 rings (SSSR count). The highest BCUT2D eigenvalue weighted by atomic mass is 16.5. The Hall–Kier alpha value is -2.38. The summed E-state index contributed by atoms with van der Waals surface area (Å²) < 4.78 is 5.62. The second kappa shape index (κ2) is 5.98. The molecule has 19 heavy (non-hydrogen) atoms. The topological polar surface area (TPSA) is 66.1 Å². The van der Waals surface area contributed by atoms with E-state index < -0.39 is 6.10 Å². The fourth-order valence-corrected chi connectivity index (χ4v) is 1.68. The van der Waals surface area contributed by atoms with Gasteiger partial charge in [0.25, 0.3) is 0 Å². The zero-order valence-electron chi connectivity index (χ0n) is 10.6. The van der Waals surface area contributed by atoms with Crippen molar-refractivity contribution >= 4 is 0 Å². The van der Waals surface area contributed by atoms with E-state index in [4.69, 9.17) is 10.00 Å². The van der Waals surface area contributed by atoms with Crippen LogP contribution in [0.5, 0.6) is 5.75 Å². The molecule has 1 aromatic heterocycles. The third kappa shape index (κ3) is 3.30. The molecule has 0 saturated carbocycles. The van der Waals surface area contributed by atoms with E-state index >= 15 is 0 Å². The Balaban J connectivity index is 2.11. The largest absolute Gasteiger partial charge is 0.489 e. The number of hydrogen-bond acceptors (Lipinski definition) is 4. The van der Waals surface area contributed by atoms with Crippen molar-refractivity contribution in [1.29, 1.82) is 5.26 Å². The number of benzene rings is 1. The predicted octanol–water partition coefficient (Wildman–Crippen LogP) is 2.59. The number of nitrogens with zero attached hydrogens (tertiary/aromatic N) is 2. The first kappa shape index (κ1) is 13.1. The van der Waals surface area contributed by atoms with Crippen LogP contribution in [-0.2, 0) is 6.61 Å². The Morgan fingerprint density at radius 3 is 2.95 bits per heavy atom. The van der Waals surface area contributed by atoms with Crippen LogP contribution in [0.2, 0.25) is 0 Å². The first-order chi connectivity index (χ1) is 9.20. The van der Waals surface area contributed by atoms with Crippen molar-refractivity contribution in [2.45, 2.75) is 19.6 Å². The van der Waals surface area contributed by atoms with Crippen molar-refractivity contribution in [2.75, 3.05) is 0 Å². The molecular formula is C15H14N2O2. The summed E-state index contributed by atoms with van der Waals surface area (Å²) >= 11 is 0. The van der Waals surface area contributed by atoms with Crippen LogP contribution in [0.4, 0.5) is 0 Å². The average molecular weight is 254 g/mol. The minimum atomic E-state index is -0.531.